The number of anilines is 1. The molecule has 0 bridgehead atoms. The molecule has 0 radical (unpaired) electrons. The van der Waals surface area contributed by atoms with Gasteiger partial charge in [0.1, 0.15) is 0 Å². The Morgan fingerprint density at radius 1 is 1.00 bits per heavy atom. The van der Waals surface area contributed by atoms with Gasteiger partial charge in [-0.2, -0.15) is 0 Å². The molecule has 3 heterocycles. The summed E-state index contributed by atoms with van der Waals surface area (Å²) in [7, 11) is 0. The van der Waals surface area contributed by atoms with E-state index in [0.29, 0.717) is 24.0 Å². The minimum atomic E-state index is -0.973. The average Bonchev–Trinajstić information content (AvgIpc) is 3.24. The fraction of sp³-hybridized carbons (Fsp3) is 0.409. The fourth-order valence-corrected chi connectivity index (χ4v) is 4.94. The number of fused-ring (bicyclic) bond motifs is 1. The molecule has 31 heavy (non-hydrogen) atoms. The van der Waals surface area contributed by atoms with Crippen molar-refractivity contribution in [1.82, 2.24) is 14.0 Å². The van der Waals surface area contributed by atoms with E-state index < -0.39 is 11.7 Å². The van der Waals surface area contributed by atoms with Crippen molar-refractivity contribution in [2.45, 2.75) is 26.4 Å². The maximum Gasteiger partial charge on any atom is 0.331 e. The van der Waals surface area contributed by atoms with Crippen LogP contribution in [0.4, 0.5) is 5.69 Å². The number of thiophene rings is 1. The van der Waals surface area contributed by atoms with E-state index >= 15 is 0 Å². The molecule has 9 heteroatoms. The highest BCUT2D eigenvalue weighted by molar-refractivity contribution is 7.09. The van der Waals surface area contributed by atoms with Crippen LogP contribution in [0.3, 0.4) is 0 Å². The minimum Gasteiger partial charge on any atom is -0.481 e. The minimum absolute atomic E-state index is 0.0524. The zero-order valence-electron chi connectivity index (χ0n) is 17.5. The number of aromatic nitrogens is 2. The van der Waals surface area contributed by atoms with Gasteiger partial charge in [-0.15, -0.1) is 11.3 Å². The van der Waals surface area contributed by atoms with Crippen molar-refractivity contribution in [1.29, 1.82) is 0 Å². The van der Waals surface area contributed by atoms with Gasteiger partial charge < -0.3 is 10.0 Å². The molecular weight excluding hydrogens is 416 g/mol. The summed E-state index contributed by atoms with van der Waals surface area (Å²) in [5.41, 5.74) is 2.29. The Morgan fingerprint density at radius 3 is 2.45 bits per heavy atom. The Morgan fingerprint density at radius 2 is 1.74 bits per heavy atom. The molecule has 1 aliphatic heterocycles. The molecule has 0 unspecified atom stereocenters. The second kappa shape index (κ2) is 9.07. The summed E-state index contributed by atoms with van der Waals surface area (Å²) in [5, 5.41) is 12.9. The van der Waals surface area contributed by atoms with Crippen molar-refractivity contribution >= 4 is 33.9 Å². The van der Waals surface area contributed by atoms with Gasteiger partial charge in [-0.1, -0.05) is 18.2 Å². The van der Waals surface area contributed by atoms with Gasteiger partial charge in [0.25, 0.3) is 5.56 Å². The highest BCUT2D eigenvalue weighted by Crippen LogP contribution is 2.20. The summed E-state index contributed by atoms with van der Waals surface area (Å²) in [6, 6.07) is 8.35. The Balaban J connectivity index is 1.47. The SMILES string of the molecule is Cc1ccccc1N1CCN(CCn2c(=O)c3cscc3n(CCC(=O)O)c2=O)CC1. The molecule has 1 saturated heterocycles. The third-order valence-electron chi connectivity index (χ3n) is 5.89. The summed E-state index contributed by atoms with van der Waals surface area (Å²) in [4.78, 5) is 41.5. The van der Waals surface area contributed by atoms with Gasteiger partial charge in [-0.25, -0.2) is 4.79 Å². The van der Waals surface area contributed by atoms with Crippen LogP contribution in [-0.2, 0) is 17.9 Å². The lowest BCUT2D eigenvalue weighted by Gasteiger charge is -2.36. The summed E-state index contributed by atoms with van der Waals surface area (Å²) in [5.74, 6) is -0.973. The smallest absolute Gasteiger partial charge is 0.331 e. The number of benzene rings is 1. The maximum atomic E-state index is 13.0. The molecule has 0 atom stereocenters. The van der Waals surface area contributed by atoms with E-state index in [0.717, 1.165) is 26.2 Å². The lowest BCUT2D eigenvalue weighted by Crippen LogP contribution is -2.49. The Kier molecular flexibility index (Phi) is 6.24. The van der Waals surface area contributed by atoms with E-state index in [4.69, 9.17) is 5.11 Å². The van der Waals surface area contributed by atoms with E-state index in [2.05, 4.69) is 34.9 Å². The van der Waals surface area contributed by atoms with E-state index in [1.165, 1.54) is 31.7 Å². The maximum absolute atomic E-state index is 13.0. The van der Waals surface area contributed by atoms with Crippen molar-refractivity contribution in [3.63, 3.8) is 0 Å². The van der Waals surface area contributed by atoms with Gasteiger partial charge >= 0.3 is 11.7 Å². The van der Waals surface area contributed by atoms with Crippen LogP contribution in [0.1, 0.15) is 12.0 Å². The van der Waals surface area contributed by atoms with Crippen LogP contribution in [0.25, 0.3) is 10.9 Å². The zero-order valence-corrected chi connectivity index (χ0v) is 18.3. The third-order valence-corrected chi connectivity index (χ3v) is 6.62. The van der Waals surface area contributed by atoms with Gasteiger partial charge in [0.05, 0.1) is 17.3 Å². The van der Waals surface area contributed by atoms with Crippen LogP contribution in [0, 0.1) is 6.92 Å². The Bertz CT molecular complexity index is 1200. The number of carboxylic acid groups (broad SMARTS) is 1. The first-order chi connectivity index (χ1) is 15.0. The van der Waals surface area contributed by atoms with Crippen LogP contribution in [0.15, 0.2) is 44.6 Å². The van der Waals surface area contributed by atoms with Crippen LogP contribution < -0.4 is 16.1 Å². The number of piperazine rings is 1. The monoisotopic (exact) mass is 442 g/mol. The van der Waals surface area contributed by atoms with Crippen LogP contribution in [0.2, 0.25) is 0 Å². The largest absolute Gasteiger partial charge is 0.481 e. The number of aryl methyl sites for hydroxylation is 2. The van der Waals surface area contributed by atoms with Crippen molar-refractivity contribution in [3.8, 4) is 0 Å². The molecule has 1 N–H and O–H groups in total. The number of para-hydroxylation sites is 1. The fourth-order valence-electron chi connectivity index (χ4n) is 4.13. The molecule has 3 aromatic rings. The molecule has 8 nitrogen and oxygen atoms in total. The first kappa shape index (κ1) is 21.3. The normalized spacial score (nSPS) is 14.9. The molecule has 1 aliphatic rings. The highest BCUT2D eigenvalue weighted by Gasteiger charge is 2.20. The van der Waals surface area contributed by atoms with Crippen molar-refractivity contribution < 1.29 is 9.90 Å². The molecule has 4 rings (SSSR count). The van der Waals surface area contributed by atoms with Gasteiger partial charge in [0.2, 0.25) is 0 Å². The van der Waals surface area contributed by atoms with E-state index in [-0.39, 0.29) is 18.5 Å². The first-order valence-corrected chi connectivity index (χ1v) is 11.3. The standard InChI is InChI=1S/C22H26N4O4S/c1-16-4-2-3-5-18(16)24-11-8-23(9-12-24)10-13-26-21(29)17-14-31-15-19(17)25(22(26)30)7-6-20(27)28/h2-5,14-15H,6-13H2,1H3,(H,27,28). The van der Waals surface area contributed by atoms with E-state index in [1.807, 2.05) is 6.07 Å². The molecule has 0 aliphatic carbocycles. The quantitative estimate of drug-likeness (QED) is 0.601. The number of nitrogens with zero attached hydrogens (tertiary/aromatic N) is 4. The van der Waals surface area contributed by atoms with Crippen LogP contribution >= 0.6 is 11.3 Å². The van der Waals surface area contributed by atoms with Crippen LogP contribution in [-0.4, -0.2) is 57.8 Å². The Labute approximate surface area is 183 Å². The Hall–Kier alpha value is -2.91. The summed E-state index contributed by atoms with van der Waals surface area (Å²) in [6.07, 6.45) is -0.163. The molecule has 0 saturated carbocycles. The molecule has 0 amide bonds. The van der Waals surface area contributed by atoms with E-state index in [9.17, 15) is 14.4 Å². The molecule has 1 aromatic carbocycles. The zero-order chi connectivity index (χ0) is 22.0. The lowest BCUT2D eigenvalue weighted by atomic mass is 10.1. The molecule has 0 spiro atoms. The van der Waals surface area contributed by atoms with Crippen molar-refractivity contribution in [2.24, 2.45) is 0 Å². The highest BCUT2D eigenvalue weighted by atomic mass is 32.1. The number of aliphatic carboxylic acids is 1. The first-order valence-electron chi connectivity index (χ1n) is 10.4. The number of carbonyl (C=O) groups is 1. The predicted molar refractivity (Wildman–Crippen MR) is 122 cm³/mol. The summed E-state index contributed by atoms with van der Waals surface area (Å²) < 4.78 is 2.67. The third kappa shape index (κ3) is 4.42. The molecular formula is C22H26N4O4S. The summed E-state index contributed by atoms with van der Waals surface area (Å²) in [6.45, 7) is 6.57. The lowest BCUT2D eigenvalue weighted by molar-refractivity contribution is -0.137. The van der Waals surface area contributed by atoms with Crippen molar-refractivity contribution in [3.05, 3.63) is 61.4 Å². The van der Waals surface area contributed by atoms with Gasteiger partial charge in [0.15, 0.2) is 0 Å². The number of carboxylic acids is 1. The summed E-state index contributed by atoms with van der Waals surface area (Å²) >= 11 is 1.34. The van der Waals surface area contributed by atoms with Crippen molar-refractivity contribution in [2.75, 3.05) is 37.6 Å². The van der Waals surface area contributed by atoms with Gasteiger partial charge in [-0.05, 0) is 18.6 Å². The van der Waals surface area contributed by atoms with Gasteiger partial charge in [0, 0.05) is 62.3 Å². The average molecular weight is 443 g/mol. The number of hydrogen-bond acceptors (Lipinski definition) is 6. The molecule has 1 fully saturated rings. The predicted octanol–water partition coefficient (Wildman–Crippen LogP) is 1.83. The number of rotatable bonds is 7. The molecule has 164 valence electrons. The van der Waals surface area contributed by atoms with Gasteiger partial charge in [-0.3, -0.25) is 23.6 Å². The second-order valence-electron chi connectivity index (χ2n) is 7.82. The van der Waals surface area contributed by atoms with E-state index in [1.54, 1.807) is 10.8 Å². The number of hydrogen-bond donors (Lipinski definition) is 1. The molecule has 2 aromatic heterocycles. The second-order valence-corrected chi connectivity index (χ2v) is 8.56. The topological polar surface area (TPSA) is 87.8 Å². The van der Waals surface area contributed by atoms with Crippen LogP contribution in [0.5, 0.6) is 0 Å².